The van der Waals surface area contributed by atoms with E-state index in [0.717, 1.165) is 11.1 Å². The van der Waals surface area contributed by atoms with Gasteiger partial charge < -0.3 is 4.74 Å². The topological polar surface area (TPSA) is 51.2 Å². The molecule has 24 heavy (non-hydrogen) atoms. The quantitative estimate of drug-likeness (QED) is 0.814. The van der Waals surface area contributed by atoms with Gasteiger partial charge in [0, 0.05) is 22.8 Å². The van der Waals surface area contributed by atoms with Crippen molar-refractivity contribution in [3.05, 3.63) is 52.7 Å². The fraction of sp³-hybridized carbons (Fsp3) is 0.389. The van der Waals surface area contributed by atoms with E-state index in [1.807, 2.05) is 40.7 Å². The summed E-state index contributed by atoms with van der Waals surface area (Å²) >= 11 is 5.87. The van der Waals surface area contributed by atoms with Crippen LogP contribution in [0, 0.1) is 6.92 Å². The number of aryl methyl sites for hydroxylation is 1. The molecule has 0 saturated carbocycles. The average molecular weight is 367 g/mol. The van der Waals surface area contributed by atoms with Crippen LogP contribution < -0.4 is 9.46 Å². The molecule has 4 nitrogen and oxygen atoms in total. The van der Waals surface area contributed by atoms with Crippen LogP contribution in [-0.4, -0.2) is 13.9 Å². The van der Waals surface area contributed by atoms with E-state index >= 15 is 0 Å². The highest BCUT2D eigenvalue weighted by molar-refractivity contribution is 7.84. The summed E-state index contributed by atoms with van der Waals surface area (Å²) in [6.45, 7) is 9.73. The molecule has 1 aromatic heterocycles. The van der Waals surface area contributed by atoms with Crippen LogP contribution in [0.25, 0.3) is 0 Å². The van der Waals surface area contributed by atoms with Gasteiger partial charge >= 0.3 is 0 Å². The maximum Gasteiger partial charge on any atom is 0.222 e. The van der Waals surface area contributed by atoms with Crippen molar-refractivity contribution >= 4 is 22.6 Å². The van der Waals surface area contributed by atoms with Gasteiger partial charge in [-0.25, -0.2) is 13.9 Å². The van der Waals surface area contributed by atoms with Crippen molar-refractivity contribution in [3.8, 4) is 11.6 Å². The third-order valence-electron chi connectivity index (χ3n) is 3.42. The number of nitrogens with zero attached hydrogens (tertiary/aromatic N) is 1. The Morgan fingerprint density at radius 2 is 1.88 bits per heavy atom. The van der Waals surface area contributed by atoms with E-state index < -0.39 is 11.0 Å². The molecule has 0 bridgehead atoms. The maximum absolute atomic E-state index is 12.2. The second-order valence-electron chi connectivity index (χ2n) is 6.67. The second kappa shape index (κ2) is 7.64. The first-order valence-electron chi connectivity index (χ1n) is 7.75. The molecule has 0 amide bonds. The zero-order valence-corrected chi connectivity index (χ0v) is 16.2. The van der Waals surface area contributed by atoms with Crippen molar-refractivity contribution in [2.24, 2.45) is 0 Å². The van der Waals surface area contributed by atoms with Crippen LogP contribution in [0.15, 0.2) is 36.5 Å². The summed E-state index contributed by atoms with van der Waals surface area (Å²) < 4.78 is 20.8. The van der Waals surface area contributed by atoms with Crippen LogP contribution in [0.5, 0.6) is 11.6 Å². The van der Waals surface area contributed by atoms with E-state index in [9.17, 15) is 4.21 Å². The third kappa shape index (κ3) is 5.03. The van der Waals surface area contributed by atoms with Crippen molar-refractivity contribution in [2.45, 2.75) is 45.4 Å². The molecular weight excluding hydrogens is 344 g/mol. The van der Waals surface area contributed by atoms with E-state index in [-0.39, 0.29) is 10.8 Å². The molecule has 0 fully saturated rings. The fourth-order valence-corrected chi connectivity index (χ4v) is 2.88. The minimum atomic E-state index is -1.14. The van der Waals surface area contributed by atoms with E-state index in [1.165, 1.54) is 0 Å². The van der Waals surface area contributed by atoms with Gasteiger partial charge in [-0.2, -0.15) is 0 Å². The minimum Gasteiger partial charge on any atom is -0.439 e. The Labute approximate surface area is 151 Å². The summed E-state index contributed by atoms with van der Waals surface area (Å²) in [6, 6.07) is 9.07. The normalized spacial score (nSPS) is 14.2. The summed E-state index contributed by atoms with van der Waals surface area (Å²) in [5.74, 6) is 1.23. The molecule has 0 spiro atoms. The fourth-order valence-electron chi connectivity index (χ4n) is 1.95. The molecule has 1 aromatic carbocycles. The molecule has 2 atom stereocenters. The van der Waals surface area contributed by atoms with Gasteiger partial charge in [-0.15, -0.1) is 0 Å². The summed E-state index contributed by atoms with van der Waals surface area (Å²) in [5.41, 5.74) is 1.88. The smallest absolute Gasteiger partial charge is 0.222 e. The lowest BCUT2D eigenvalue weighted by atomic mass is 10.1. The lowest BCUT2D eigenvalue weighted by Gasteiger charge is -2.22. The van der Waals surface area contributed by atoms with Gasteiger partial charge in [0.15, 0.2) is 0 Å². The van der Waals surface area contributed by atoms with Gasteiger partial charge in [-0.1, -0.05) is 11.6 Å². The number of rotatable bonds is 5. The highest BCUT2D eigenvalue weighted by Gasteiger charge is 2.22. The van der Waals surface area contributed by atoms with Crippen LogP contribution in [0.1, 0.15) is 44.9 Å². The molecule has 0 radical (unpaired) electrons. The lowest BCUT2D eigenvalue weighted by Crippen LogP contribution is -2.34. The van der Waals surface area contributed by atoms with Gasteiger partial charge in [0.1, 0.15) is 5.75 Å². The van der Waals surface area contributed by atoms with Gasteiger partial charge in [-0.05, 0) is 70.5 Å². The zero-order chi connectivity index (χ0) is 17.9. The molecule has 0 aliphatic carbocycles. The van der Waals surface area contributed by atoms with Crippen LogP contribution >= 0.6 is 11.6 Å². The van der Waals surface area contributed by atoms with E-state index in [0.29, 0.717) is 16.7 Å². The second-order valence-corrected chi connectivity index (χ2v) is 9.10. The molecule has 0 saturated heterocycles. The van der Waals surface area contributed by atoms with Gasteiger partial charge in [0.2, 0.25) is 5.88 Å². The number of aromatic nitrogens is 1. The SMILES string of the molecule is Cc1cc([C@@H](C)NS(=O)C(C)(C)C)cnc1Oc1ccc(Cl)cc1. The third-order valence-corrected chi connectivity index (χ3v) is 5.35. The Kier molecular flexibility index (Phi) is 6.01. The molecule has 130 valence electrons. The number of nitrogens with one attached hydrogen (secondary N) is 1. The number of benzene rings is 1. The average Bonchev–Trinajstić information content (AvgIpc) is 2.50. The zero-order valence-electron chi connectivity index (χ0n) is 14.6. The number of pyridine rings is 1. The minimum absolute atomic E-state index is 0.0687. The Morgan fingerprint density at radius 1 is 1.25 bits per heavy atom. The molecule has 2 aromatic rings. The maximum atomic E-state index is 12.2. The predicted octanol–water partition coefficient (Wildman–Crippen LogP) is 4.95. The lowest BCUT2D eigenvalue weighted by molar-refractivity contribution is 0.458. The van der Waals surface area contributed by atoms with E-state index in [1.54, 1.807) is 30.5 Å². The Morgan fingerprint density at radius 3 is 2.42 bits per heavy atom. The molecule has 1 N–H and O–H groups in total. The van der Waals surface area contributed by atoms with Gasteiger partial charge in [-0.3, -0.25) is 0 Å². The van der Waals surface area contributed by atoms with Crippen molar-refractivity contribution in [1.82, 2.24) is 9.71 Å². The molecule has 0 aliphatic heterocycles. The Bertz CT molecular complexity index is 727. The van der Waals surface area contributed by atoms with Gasteiger partial charge in [0.05, 0.1) is 15.7 Å². The number of hydrogen-bond donors (Lipinski definition) is 1. The first-order chi connectivity index (χ1) is 11.2. The predicted molar refractivity (Wildman–Crippen MR) is 99.9 cm³/mol. The molecule has 1 heterocycles. The summed E-state index contributed by atoms with van der Waals surface area (Å²) in [4.78, 5) is 4.39. The Hall–Kier alpha value is -1.43. The van der Waals surface area contributed by atoms with Crippen LogP contribution in [0.2, 0.25) is 5.02 Å². The monoisotopic (exact) mass is 366 g/mol. The van der Waals surface area contributed by atoms with Crippen LogP contribution in [0.4, 0.5) is 0 Å². The highest BCUT2D eigenvalue weighted by Crippen LogP contribution is 2.26. The van der Waals surface area contributed by atoms with Gasteiger partial charge in [0.25, 0.3) is 0 Å². The summed E-state index contributed by atoms with van der Waals surface area (Å²) in [7, 11) is -1.14. The molecule has 1 unspecified atom stereocenters. The number of hydrogen-bond acceptors (Lipinski definition) is 3. The summed E-state index contributed by atoms with van der Waals surface area (Å²) in [6.07, 6.45) is 1.75. The van der Waals surface area contributed by atoms with E-state index in [4.69, 9.17) is 16.3 Å². The van der Waals surface area contributed by atoms with Crippen LogP contribution in [0.3, 0.4) is 0 Å². The van der Waals surface area contributed by atoms with Crippen molar-refractivity contribution in [1.29, 1.82) is 0 Å². The van der Waals surface area contributed by atoms with Crippen molar-refractivity contribution in [3.63, 3.8) is 0 Å². The first kappa shape index (κ1) is 18.9. The summed E-state index contributed by atoms with van der Waals surface area (Å²) in [5, 5.41) is 0.661. The largest absolute Gasteiger partial charge is 0.439 e. The number of halogens is 1. The van der Waals surface area contributed by atoms with Crippen molar-refractivity contribution < 1.29 is 8.95 Å². The molecule has 6 heteroatoms. The van der Waals surface area contributed by atoms with Crippen LogP contribution in [-0.2, 0) is 11.0 Å². The molecular formula is C18H23ClN2O2S. The van der Waals surface area contributed by atoms with Crippen molar-refractivity contribution in [2.75, 3.05) is 0 Å². The first-order valence-corrected chi connectivity index (χ1v) is 9.27. The standard InChI is InChI=1S/C18H23ClN2O2S/c1-12-10-14(13(2)21-24(22)18(3,4)5)11-20-17(12)23-16-8-6-15(19)7-9-16/h6-11,13,21H,1-5H3/t13-,24?/m1/s1. The molecule has 2 rings (SSSR count). The Balaban J connectivity index is 2.11. The molecule has 0 aliphatic rings. The van der Waals surface area contributed by atoms with E-state index in [2.05, 4.69) is 9.71 Å². The highest BCUT2D eigenvalue weighted by atomic mass is 35.5. The number of ether oxygens (including phenoxy) is 1.